The average molecular weight is 372 g/mol. The quantitative estimate of drug-likeness (QED) is 0.443. The smallest absolute Gasteiger partial charge is 0.347 e. The molecule has 26 heavy (non-hydrogen) atoms. The summed E-state index contributed by atoms with van der Waals surface area (Å²) < 4.78 is 37.5. The van der Waals surface area contributed by atoms with Gasteiger partial charge in [0.15, 0.2) is 5.84 Å². The number of rotatable bonds is 2. The maximum atomic E-state index is 12.5. The largest absolute Gasteiger partial charge is 0.423 e. The number of amidine groups is 1. The second-order valence-corrected chi connectivity index (χ2v) is 7.41. The van der Waals surface area contributed by atoms with E-state index in [1.807, 2.05) is 0 Å². The van der Waals surface area contributed by atoms with Gasteiger partial charge < -0.3 is 14.1 Å². The van der Waals surface area contributed by atoms with E-state index in [4.69, 9.17) is 9.15 Å². The van der Waals surface area contributed by atoms with Gasteiger partial charge in [0.05, 0.1) is 5.75 Å². The van der Waals surface area contributed by atoms with E-state index in [2.05, 4.69) is 4.40 Å². The summed E-state index contributed by atoms with van der Waals surface area (Å²) in [6, 6.07) is 7.51. The van der Waals surface area contributed by atoms with Crippen LogP contribution in [0.5, 0.6) is 5.75 Å². The summed E-state index contributed by atoms with van der Waals surface area (Å²) in [6.45, 7) is 0.212. The van der Waals surface area contributed by atoms with Crippen LogP contribution in [-0.4, -0.2) is 37.4 Å². The molecular formula is C17H12N2O6S. The zero-order valence-corrected chi connectivity index (χ0v) is 14.1. The first kappa shape index (κ1) is 16.3. The van der Waals surface area contributed by atoms with Gasteiger partial charge in [0, 0.05) is 30.3 Å². The number of benzene rings is 1. The van der Waals surface area contributed by atoms with Crippen molar-refractivity contribution in [3.8, 4) is 5.75 Å². The molecule has 0 bridgehead atoms. The molecule has 0 saturated heterocycles. The fourth-order valence-corrected chi connectivity index (χ4v) is 3.63. The van der Waals surface area contributed by atoms with Gasteiger partial charge in [0.2, 0.25) is 0 Å². The number of allylic oxidation sites excluding steroid dienone is 2. The molecule has 4 rings (SSSR count). The highest BCUT2D eigenvalue weighted by molar-refractivity contribution is 7.90. The predicted molar refractivity (Wildman–Crippen MR) is 93.3 cm³/mol. The number of ether oxygens (including phenoxy) is 1. The molecule has 9 heteroatoms. The normalized spacial score (nSPS) is 18.1. The van der Waals surface area contributed by atoms with Crippen molar-refractivity contribution in [2.24, 2.45) is 4.40 Å². The molecule has 3 heterocycles. The van der Waals surface area contributed by atoms with Gasteiger partial charge in [-0.25, -0.2) is 18.0 Å². The van der Waals surface area contributed by atoms with Crippen molar-refractivity contribution in [2.75, 3.05) is 12.3 Å². The molecule has 1 aromatic carbocycles. The lowest BCUT2D eigenvalue weighted by molar-refractivity contribution is -0.129. The minimum Gasteiger partial charge on any atom is -0.423 e. The van der Waals surface area contributed by atoms with Gasteiger partial charge in [-0.2, -0.15) is 0 Å². The van der Waals surface area contributed by atoms with Gasteiger partial charge >= 0.3 is 11.6 Å². The minimum atomic E-state index is -3.61. The third kappa shape index (κ3) is 3.04. The molecule has 0 amide bonds. The first-order valence-corrected chi connectivity index (χ1v) is 9.26. The Morgan fingerprint density at radius 2 is 2.04 bits per heavy atom. The maximum absolute atomic E-state index is 12.5. The molecule has 132 valence electrons. The van der Waals surface area contributed by atoms with E-state index in [1.54, 1.807) is 35.4 Å². The van der Waals surface area contributed by atoms with Gasteiger partial charge in [0.25, 0.3) is 10.0 Å². The Kier molecular flexibility index (Phi) is 3.73. The fourth-order valence-electron chi connectivity index (χ4n) is 2.64. The zero-order valence-electron chi connectivity index (χ0n) is 13.3. The van der Waals surface area contributed by atoms with Crippen molar-refractivity contribution in [1.29, 1.82) is 0 Å². The Balaban J connectivity index is 1.65. The molecule has 2 aromatic rings. The molecule has 0 radical (unpaired) electrons. The van der Waals surface area contributed by atoms with Crippen molar-refractivity contribution >= 4 is 32.8 Å². The molecule has 2 aliphatic rings. The number of carbonyl (C=O) groups is 1. The molecule has 0 saturated carbocycles. The average Bonchev–Trinajstić information content (AvgIpc) is 2.60. The van der Waals surface area contributed by atoms with Gasteiger partial charge in [-0.1, -0.05) is 0 Å². The highest BCUT2D eigenvalue weighted by Crippen LogP contribution is 2.23. The lowest BCUT2D eigenvalue weighted by Gasteiger charge is -2.28. The molecule has 1 aromatic heterocycles. The van der Waals surface area contributed by atoms with Crippen LogP contribution in [0.1, 0.15) is 0 Å². The van der Waals surface area contributed by atoms with Gasteiger partial charge in [0.1, 0.15) is 16.9 Å². The summed E-state index contributed by atoms with van der Waals surface area (Å²) >= 11 is 0. The molecule has 0 spiro atoms. The monoisotopic (exact) mass is 372 g/mol. The van der Waals surface area contributed by atoms with Crippen LogP contribution in [0.3, 0.4) is 0 Å². The lowest BCUT2D eigenvalue weighted by atomic mass is 10.1. The second kappa shape index (κ2) is 5.95. The number of hydrogen-bond acceptors (Lipinski definition) is 7. The fraction of sp³-hybridized carbons (Fsp3) is 0.118. The third-order valence-corrected chi connectivity index (χ3v) is 5.03. The molecule has 8 nitrogen and oxygen atoms in total. The van der Waals surface area contributed by atoms with E-state index < -0.39 is 21.6 Å². The Hall–Kier alpha value is -3.20. The summed E-state index contributed by atoms with van der Waals surface area (Å²) in [5.74, 6) is -0.672. The first-order chi connectivity index (χ1) is 12.4. The van der Waals surface area contributed by atoms with Crippen molar-refractivity contribution in [1.82, 2.24) is 4.90 Å². The number of nitrogens with zero attached hydrogens (tertiary/aromatic N) is 2. The Bertz CT molecular complexity index is 1170. The minimum absolute atomic E-state index is 0.0328. The Morgan fingerprint density at radius 1 is 1.23 bits per heavy atom. The lowest BCUT2D eigenvalue weighted by Crippen LogP contribution is -2.40. The number of esters is 1. The number of sulfonamides is 1. The van der Waals surface area contributed by atoms with Gasteiger partial charge in [-0.3, -0.25) is 0 Å². The van der Waals surface area contributed by atoms with Crippen LogP contribution >= 0.6 is 0 Å². The summed E-state index contributed by atoms with van der Waals surface area (Å²) in [5, 5.41) is 0.679. The van der Waals surface area contributed by atoms with Crippen LogP contribution in [-0.2, 0) is 14.8 Å². The van der Waals surface area contributed by atoms with E-state index in [0.717, 1.165) is 0 Å². The van der Waals surface area contributed by atoms with Gasteiger partial charge in [-0.05, 0) is 30.4 Å². The topological polar surface area (TPSA) is 106 Å². The van der Waals surface area contributed by atoms with E-state index in [0.29, 0.717) is 5.39 Å². The Morgan fingerprint density at radius 3 is 2.88 bits per heavy atom. The van der Waals surface area contributed by atoms with Crippen LogP contribution in [0.4, 0.5) is 0 Å². The van der Waals surface area contributed by atoms with Crippen LogP contribution in [0, 0.1) is 0 Å². The molecule has 0 aliphatic carbocycles. The first-order valence-electron chi connectivity index (χ1n) is 7.66. The van der Waals surface area contributed by atoms with E-state index in [9.17, 15) is 18.0 Å². The predicted octanol–water partition coefficient (Wildman–Crippen LogP) is 1.20. The standard InChI is InChI=1S/C17H12N2O6S/c20-15-6-4-11-3-5-12(10-14(11)25-15)24-17(21)13-2-1-7-19-8-9-26(22,23)18-16(13)19/h1-7,10H,8-9H2. The molecule has 0 atom stereocenters. The van der Waals surface area contributed by atoms with Crippen molar-refractivity contribution in [3.05, 3.63) is 64.7 Å². The van der Waals surface area contributed by atoms with E-state index in [1.165, 1.54) is 18.2 Å². The molecule has 0 N–H and O–H groups in total. The number of hydrogen-bond donors (Lipinski definition) is 0. The zero-order chi connectivity index (χ0) is 18.3. The molecule has 2 aliphatic heterocycles. The van der Waals surface area contributed by atoms with Crippen LogP contribution in [0.15, 0.2) is 67.9 Å². The van der Waals surface area contributed by atoms with Crippen molar-refractivity contribution < 1.29 is 22.4 Å². The number of carbonyl (C=O) groups excluding carboxylic acids is 1. The molecule has 0 unspecified atom stereocenters. The summed E-state index contributed by atoms with van der Waals surface area (Å²) in [7, 11) is -3.61. The maximum Gasteiger partial charge on any atom is 0.347 e. The van der Waals surface area contributed by atoms with Crippen molar-refractivity contribution in [3.63, 3.8) is 0 Å². The summed E-state index contributed by atoms with van der Waals surface area (Å²) in [5.41, 5.74) is -0.205. The summed E-state index contributed by atoms with van der Waals surface area (Å²) in [6.07, 6.45) is 4.71. The third-order valence-electron chi connectivity index (χ3n) is 3.88. The molecular weight excluding hydrogens is 360 g/mol. The highest BCUT2D eigenvalue weighted by atomic mass is 32.2. The van der Waals surface area contributed by atoms with Crippen molar-refractivity contribution in [2.45, 2.75) is 0 Å². The second-order valence-electron chi connectivity index (χ2n) is 5.66. The SMILES string of the molecule is O=C(Oc1ccc2ccc(=O)oc2c1)C1=CC=CN2CCS(=O)(=O)N=C12. The molecule has 0 fully saturated rings. The van der Waals surface area contributed by atoms with Crippen LogP contribution in [0.2, 0.25) is 0 Å². The van der Waals surface area contributed by atoms with E-state index in [-0.39, 0.29) is 35.0 Å². The van der Waals surface area contributed by atoms with E-state index >= 15 is 0 Å². The van der Waals surface area contributed by atoms with Gasteiger partial charge in [-0.15, -0.1) is 4.40 Å². The summed E-state index contributed by atoms with van der Waals surface area (Å²) in [4.78, 5) is 25.4. The highest BCUT2D eigenvalue weighted by Gasteiger charge is 2.31. The Labute approximate surface area is 147 Å². The number of fused-ring (bicyclic) bond motifs is 2. The van der Waals surface area contributed by atoms with Crippen LogP contribution in [0.25, 0.3) is 11.0 Å². The van der Waals surface area contributed by atoms with Crippen LogP contribution < -0.4 is 10.4 Å².